The van der Waals surface area contributed by atoms with Gasteiger partial charge in [0, 0.05) is 0 Å². The number of carbonyl (C=O) groups excluding carboxylic acids is 1. The van der Waals surface area contributed by atoms with Crippen LogP contribution in [-0.2, 0) is 11.2 Å². The van der Waals surface area contributed by atoms with Crippen LogP contribution in [0.5, 0.6) is 5.75 Å². The van der Waals surface area contributed by atoms with Crippen molar-refractivity contribution >= 4 is 5.97 Å². The second kappa shape index (κ2) is 7.61. The summed E-state index contributed by atoms with van der Waals surface area (Å²) in [4.78, 5) is 12.1. The lowest BCUT2D eigenvalue weighted by atomic mass is 10.1. The van der Waals surface area contributed by atoms with E-state index in [9.17, 15) is 4.79 Å². The summed E-state index contributed by atoms with van der Waals surface area (Å²) in [5.74, 6) is 1.23. The van der Waals surface area contributed by atoms with Gasteiger partial charge >= 0.3 is 5.97 Å². The minimum atomic E-state index is -0.519. The van der Waals surface area contributed by atoms with Crippen LogP contribution >= 0.6 is 0 Å². The maximum absolute atomic E-state index is 12.1. The van der Waals surface area contributed by atoms with Gasteiger partial charge in [-0.15, -0.1) is 10.2 Å². The molecule has 0 aliphatic carbocycles. The highest BCUT2D eigenvalue weighted by Gasteiger charge is 2.18. The Morgan fingerprint density at radius 3 is 2.41 bits per heavy atom. The predicted molar refractivity (Wildman–Crippen MR) is 101 cm³/mol. The minimum absolute atomic E-state index is 0.342. The third kappa shape index (κ3) is 4.73. The Morgan fingerprint density at radius 1 is 1.04 bits per heavy atom. The van der Waals surface area contributed by atoms with Crippen molar-refractivity contribution in [1.82, 2.24) is 10.2 Å². The lowest BCUT2D eigenvalue weighted by molar-refractivity contribution is 0.00695. The van der Waals surface area contributed by atoms with Crippen molar-refractivity contribution in [1.29, 1.82) is 0 Å². The van der Waals surface area contributed by atoms with Crippen molar-refractivity contribution in [3.63, 3.8) is 0 Å². The van der Waals surface area contributed by atoms with Gasteiger partial charge in [0.2, 0.25) is 5.89 Å². The number of nitrogens with zero attached hydrogens (tertiary/aromatic N) is 2. The van der Waals surface area contributed by atoms with Crippen molar-refractivity contribution < 1.29 is 18.7 Å². The number of methoxy groups -OCH3 is 1. The Labute approximate surface area is 158 Å². The van der Waals surface area contributed by atoms with Gasteiger partial charge in [-0.05, 0) is 50.6 Å². The van der Waals surface area contributed by atoms with E-state index in [1.165, 1.54) is 0 Å². The normalized spacial score (nSPS) is 11.3. The second-order valence-corrected chi connectivity index (χ2v) is 7.08. The second-order valence-electron chi connectivity index (χ2n) is 7.08. The molecule has 27 heavy (non-hydrogen) atoms. The summed E-state index contributed by atoms with van der Waals surface area (Å²) in [6.07, 6.45) is 0.469. The zero-order valence-corrected chi connectivity index (χ0v) is 15.9. The van der Waals surface area contributed by atoms with Crippen molar-refractivity contribution in [2.45, 2.75) is 32.8 Å². The molecule has 6 nitrogen and oxygen atoms in total. The Morgan fingerprint density at radius 2 is 1.74 bits per heavy atom. The third-order valence-electron chi connectivity index (χ3n) is 3.75. The molecule has 0 saturated carbocycles. The third-order valence-corrected chi connectivity index (χ3v) is 3.75. The molecule has 0 aliphatic heterocycles. The molecule has 0 bridgehead atoms. The molecule has 1 aromatic heterocycles. The Hall–Kier alpha value is -3.15. The summed E-state index contributed by atoms with van der Waals surface area (Å²) in [7, 11) is 1.60. The van der Waals surface area contributed by atoms with Crippen molar-refractivity contribution in [2.75, 3.05) is 7.11 Å². The van der Waals surface area contributed by atoms with E-state index in [1.807, 2.05) is 57.2 Å². The van der Waals surface area contributed by atoms with Gasteiger partial charge in [-0.1, -0.05) is 24.3 Å². The zero-order valence-electron chi connectivity index (χ0n) is 15.9. The monoisotopic (exact) mass is 366 g/mol. The van der Waals surface area contributed by atoms with E-state index < -0.39 is 5.60 Å². The summed E-state index contributed by atoms with van der Waals surface area (Å²) >= 11 is 0. The van der Waals surface area contributed by atoms with E-state index >= 15 is 0 Å². The van der Waals surface area contributed by atoms with E-state index in [0.717, 1.165) is 11.1 Å². The lowest BCUT2D eigenvalue weighted by Gasteiger charge is -2.19. The summed E-state index contributed by atoms with van der Waals surface area (Å²) in [6, 6.07) is 14.7. The molecule has 140 valence electrons. The topological polar surface area (TPSA) is 74.5 Å². The highest BCUT2D eigenvalue weighted by atomic mass is 16.6. The van der Waals surface area contributed by atoms with Gasteiger partial charge in [0.15, 0.2) is 0 Å². The van der Waals surface area contributed by atoms with Gasteiger partial charge in [-0.3, -0.25) is 0 Å². The first-order valence-electron chi connectivity index (χ1n) is 8.64. The first-order valence-corrected chi connectivity index (χ1v) is 8.64. The van der Waals surface area contributed by atoms with Crippen LogP contribution in [0.25, 0.3) is 11.5 Å². The molecule has 2 aromatic carbocycles. The smallest absolute Gasteiger partial charge is 0.338 e. The largest absolute Gasteiger partial charge is 0.496 e. The van der Waals surface area contributed by atoms with Crippen LogP contribution in [0.1, 0.15) is 42.6 Å². The van der Waals surface area contributed by atoms with Crippen LogP contribution in [0.2, 0.25) is 0 Å². The first-order chi connectivity index (χ1) is 12.9. The summed E-state index contributed by atoms with van der Waals surface area (Å²) in [5.41, 5.74) is 1.69. The molecule has 0 aliphatic rings. The number of benzene rings is 2. The number of ether oxygens (including phenoxy) is 2. The zero-order chi connectivity index (χ0) is 19.4. The van der Waals surface area contributed by atoms with E-state index in [2.05, 4.69) is 10.2 Å². The number of para-hydroxylation sites is 1. The van der Waals surface area contributed by atoms with E-state index in [0.29, 0.717) is 29.5 Å². The molecule has 0 fully saturated rings. The van der Waals surface area contributed by atoms with Crippen LogP contribution in [0.3, 0.4) is 0 Å². The molecule has 0 radical (unpaired) electrons. The summed E-state index contributed by atoms with van der Waals surface area (Å²) in [5, 5.41) is 8.21. The highest BCUT2D eigenvalue weighted by molar-refractivity contribution is 5.89. The molecular formula is C21H22N2O4. The van der Waals surface area contributed by atoms with Gasteiger partial charge in [-0.25, -0.2) is 4.79 Å². The Balaban J connectivity index is 1.71. The standard InChI is InChI=1S/C21H22N2O4/c1-21(2,3)27-20(24)15-11-9-14(10-12-15)13-18-22-23-19(26-18)16-7-5-6-8-17(16)25-4/h5-12H,13H2,1-4H3. The fourth-order valence-corrected chi connectivity index (χ4v) is 2.53. The molecule has 0 spiro atoms. The Bertz CT molecular complexity index is 924. The summed E-state index contributed by atoms with van der Waals surface area (Å²) in [6.45, 7) is 5.52. The molecular weight excluding hydrogens is 344 g/mol. The number of hydrogen-bond acceptors (Lipinski definition) is 6. The van der Waals surface area contributed by atoms with Gasteiger partial charge in [0.25, 0.3) is 5.89 Å². The molecule has 3 rings (SSSR count). The fourth-order valence-electron chi connectivity index (χ4n) is 2.53. The van der Waals surface area contributed by atoms with Gasteiger partial charge in [-0.2, -0.15) is 0 Å². The first kappa shape index (κ1) is 18.6. The maximum atomic E-state index is 12.1. The van der Waals surface area contributed by atoms with Gasteiger partial charge in [0.1, 0.15) is 11.4 Å². The van der Waals surface area contributed by atoms with Gasteiger partial charge < -0.3 is 13.9 Å². The number of hydrogen-bond donors (Lipinski definition) is 0. The number of esters is 1. The lowest BCUT2D eigenvalue weighted by Crippen LogP contribution is -2.23. The quantitative estimate of drug-likeness (QED) is 0.627. The van der Waals surface area contributed by atoms with Crippen LogP contribution < -0.4 is 4.74 Å². The van der Waals surface area contributed by atoms with E-state index in [-0.39, 0.29) is 5.97 Å². The molecule has 0 N–H and O–H groups in total. The van der Waals surface area contributed by atoms with Crippen LogP contribution in [0.4, 0.5) is 0 Å². The number of rotatable bonds is 5. The molecule has 0 unspecified atom stereocenters. The van der Waals surface area contributed by atoms with Crippen molar-refractivity contribution in [3.05, 3.63) is 65.5 Å². The Kier molecular flexibility index (Phi) is 5.26. The average molecular weight is 366 g/mol. The molecule has 1 heterocycles. The SMILES string of the molecule is COc1ccccc1-c1nnc(Cc2ccc(C(=O)OC(C)(C)C)cc2)o1. The molecule has 3 aromatic rings. The molecule has 6 heteroatoms. The van der Waals surface area contributed by atoms with E-state index in [4.69, 9.17) is 13.9 Å². The number of aromatic nitrogens is 2. The minimum Gasteiger partial charge on any atom is -0.496 e. The average Bonchev–Trinajstić information content (AvgIpc) is 3.09. The molecule has 0 atom stereocenters. The van der Waals surface area contributed by atoms with Crippen LogP contribution in [0, 0.1) is 0 Å². The van der Waals surface area contributed by atoms with E-state index in [1.54, 1.807) is 19.2 Å². The van der Waals surface area contributed by atoms with Gasteiger partial charge in [0.05, 0.1) is 24.7 Å². The summed E-state index contributed by atoms with van der Waals surface area (Å²) < 4.78 is 16.5. The van der Waals surface area contributed by atoms with Crippen LogP contribution in [-0.4, -0.2) is 28.9 Å². The molecule has 0 saturated heterocycles. The predicted octanol–water partition coefficient (Wildman–Crippen LogP) is 4.29. The highest BCUT2D eigenvalue weighted by Crippen LogP contribution is 2.28. The van der Waals surface area contributed by atoms with Crippen molar-refractivity contribution in [3.8, 4) is 17.2 Å². The van der Waals surface area contributed by atoms with Crippen molar-refractivity contribution in [2.24, 2.45) is 0 Å². The van der Waals surface area contributed by atoms with Crippen LogP contribution in [0.15, 0.2) is 52.9 Å². The molecule has 0 amide bonds. The fraction of sp³-hybridized carbons (Fsp3) is 0.286. The maximum Gasteiger partial charge on any atom is 0.338 e. The number of carbonyl (C=O) groups is 1.